The molecule has 2 aromatic carbocycles. The molecule has 1 aliphatic rings. The van der Waals surface area contributed by atoms with E-state index in [1.54, 1.807) is 0 Å². The fourth-order valence-electron chi connectivity index (χ4n) is 3.39. The maximum Gasteiger partial charge on any atom is 0.127 e. The molecule has 3 aromatic rings. The van der Waals surface area contributed by atoms with Crippen LogP contribution in [0.25, 0.3) is 11.1 Å². The van der Waals surface area contributed by atoms with Gasteiger partial charge in [-0.2, -0.15) is 0 Å². The Balaban J connectivity index is 1.91. The van der Waals surface area contributed by atoms with Crippen molar-refractivity contribution in [3.63, 3.8) is 0 Å². The van der Waals surface area contributed by atoms with E-state index < -0.39 is 5.60 Å². The van der Waals surface area contributed by atoms with Crippen molar-refractivity contribution in [1.82, 2.24) is 4.98 Å². The predicted octanol–water partition coefficient (Wildman–Crippen LogP) is 3.84. The zero-order chi connectivity index (χ0) is 14.4. The van der Waals surface area contributed by atoms with Gasteiger partial charge in [0.15, 0.2) is 0 Å². The lowest BCUT2D eigenvalue weighted by Crippen LogP contribution is -2.24. The standard InChI is InChI=1S/C19H17NO/c1-19(21,18-10-5-11-20-18)17-9-4-8-15-14-7-3-2-6-13(14)12-16(15)17/h2-11,20-21H,12H2,1H3. The summed E-state index contributed by atoms with van der Waals surface area (Å²) in [6.45, 7) is 1.86. The lowest BCUT2D eigenvalue weighted by Gasteiger charge is -2.25. The quantitative estimate of drug-likeness (QED) is 0.573. The van der Waals surface area contributed by atoms with E-state index in [9.17, 15) is 5.11 Å². The molecule has 0 spiro atoms. The second kappa shape index (κ2) is 4.34. The molecule has 0 saturated heterocycles. The first-order valence-corrected chi connectivity index (χ1v) is 7.25. The van der Waals surface area contributed by atoms with Gasteiger partial charge in [-0.15, -0.1) is 0 Å². The van der Waals surface area contributed by atoms with E-state index in [2.05, 4.69) is 35.3 Å². The molecular formula is C19H17NO. The third-order valence-electron chi connectivity index (χ3n) is 4.50. The molecule has 2 nitrogen and oxygen atoms in total. The lowest BCUT2D eigenvalue weighted by molar-refractivity contribution is 0.0972. The van der Waals surface area contributed by atoms with Crippen LogP contribution in [0.4, 0.5) is 0 Å². The van der Waals surface area contributed by atoms with Crippen LogP contribution in [0, 0.1) is 0 Å². The third-order valence-corrected chi connectivity index (χ3v) is 4.50. The van der Waals surface area contributed by atoms with Crippen LogP contribution in [-0.2, 0) is 12.0 Å². The topological polar surface area (TPSA) is 36.0 Å². The second-order valence-corrected chi connectivity index (χ2v) is 5.82. The van der Waals surface area contributed by atoms with Crippen molar-refractivity contribution in [2.45, 2.75) is 18.9 Å². The normalized spacial score (nSPS) is 15.3. The fourth-order valence-corrected chi connectivity index (χ4v) is 3.39. The van der Waals surface area contributed by atoms with Crippen molar-refractivity contribution >= 4 is 0 Å². The van der Waals surface area contributed by atoms with E-state index in [1.807, 2.05) is 37.4 Å². The molecule has 0 radical (unpaired) electrons. The number of aliphatic hydroxyl groups is 1. The SMILES string of the molecule is CC(O)(c1ccc[nH]1)c1cccc2c1Cc1ccccc1-2. The number of benzene rings is 2. The van der Waals surface area contributed by atoms with Gasteiger partial charge in [-0.25, -0.2) is 0 Å². The Hall–Kier alpha value is -2.32. The molecular weight excluding hydrogens is 258 g/mol. The molecule has 4 rings (SSSR count). The van der Waals surface area contributed by atoms with Gasteiger partial charge < -0.3 is 10.1 Å². The zero-order valence-corrected chi connectivity index (χ0v) is 11.9. The average Bonchev–Trinajstić information content (AvgIpc) is 3.14. The van der Waals surface area contributed by atoms with Crippen molar-refractivity contribution in [3.05, 3.63) is 83.2 Å². The monoisotopic (exact) mass is 275 g/mol. The summed E-state index contributed by atoms with van der Waals surface area (Å²) in [7, 11) is 0. The van der Waals surface area contributed by atoms with Gasteiger partial charge in [0.2, 0.25) is 0 Å². The van der Waals surface area contributed by atoms with E-state index in [-0.39, 0.29) is 0 Å². The van der Waals surface area contributed by atoms with Gasteiger partial charge >= 0.3 is 0 Å². The number of aromatic amines is 1. The first kappa shape index (κ1) is 12.4. The Morgan fingerprint density at radius 1 is 0.952 bits per heavy atom. The molecule has 1 unspecified atom stereocenters. The maximum absolute atomic E-state index is 11.1. The highest BCUT2D eigenvalue weighted by Crippen LogP contribution is 2.42. The molecule has 0 fully saturated rings. The summed E-state index contributed by atoms with van der Waals surface area (Å²) in [6, 6.07) is 18.5. The van der Waals surface area contributed by atoms with Crippen molar-refractivity contribution in [2.75, 3.05) is 0 Å². The largest absolute Gasteiger partial charge is 0.379 e. The van der Waals surface area contributed by atoms with Crippen LogP contribution in [0.3, 0.4) is 0 Å². The summed E-state index contributed by atoms with van der Waals surface area (Å²) >= 11 is 0. The molecule has 1 heterocycles. The van der Waals surface area contributed by atoms with E-state index in [0.29, 0.717) is 0 Å². The van der Waals surface area contributed by atoms with Crippen LogP contribution in [-0.4, -0.2) is 10.1 Å². The summed E-state index contributed by atoms with van der Waals surface area (Å²) < 4.78 is 0. The van der Waals surface area contributed by atoms with E-state index in [0.717, 1.165) is 17.7 Å². The smallest absolute Gasteiger partial charge is 0.127 e. The summed E-state index contributed by atoms with van der Waals surface area (Å²) in [5.74, 6) is 0. The van der Waals surface area contributed by atoms with Crippen LogP contribution in [0.5, 0.6) is 0 Å². The maximum atomic E-state index is 11.1. The van der Waals surface area contributed by atoms with E-state index >= 15 is 0 Å². The molecule has 1 aromatic heterocycles. The minimum absolute atomic E-state index is 0.826. The molecule has 0 saturated carbocycles. The summed E-state index contributed by atoms with van der Waals surface area (Å²) in [5, 5.41) is 11.1. The molecule has 2 heteroatoms. The number of hydrogen-bond acceptors (Lipinski definition) is 1. The van der Waals surface area contributed by atoms with Crippen molar-refractivity contribution in [1.29, 1.82) is 0 Å². The average molecular weight is 275 g/mol. The number of hydrogen-bond donors (Lipinski definition) is 2. The molecule has 1 aliphatic carbocycles. The van der Waals surface area contributed by atoms with Crippen LogP contribution >= 0.6 is 0 Å². The molecule has 2 N–H and O–H groups in total. The van der Waals surface area contributed by atoms with Crippen LogP contribution < -0.4 is 0 Å². The highest BCUT2D eigenvalue weighted by atomic mass is 16.3. The van der Waals surface area contributed by atoms with Gasteiger partial charge in [-0.1, -0.05) is 42.5 Å². The Morgan fingerprint density at radius 2 is 1.76 bits per heavy atom. The number of rotatable bonds is 2. The Bertz CT molecular complexity index is 800. The van der Waals surface area contributed by atoms with Crippen LogP contribution in [0.2, 0.25) is 0 Å². The van der Waals surface area contributed by atoms with Gasteiger partial charge in [0.05, 0.1) is 5.69 Å². The lowest BCUT2D eigenvalue weighted by atomic mass is 9.86. The van der Waals surface area contributed by atoms with Gasteiger partial charge in [0.1, 0.15) is 5.60 Å². The molecule has 0 aliphatic heterocycles. The van der Waals surface area contributed by atoms with Crippen molar-refractivity contribution < 1.29 is 5.11 Å². The molecule has 104 valence electrons. The minimum atomic E-state index is -1.00. The highest BCUT2D eigenvalue weighted by Gasteiger charge is 2.32. The van der Waals surface area contributed by atoms with Crippen LogP contribution in [0.1, 0.15) is 29.3 Å². The second-order valence-electron chi connectivity index (χ2n) is 5.82. The first-order valence-electron chi connectivity index (χ1n) is 7.25. The number of aromatic nitrogens is 1. The Kier molecular flexibility index (Phi) is 2.57. The minimum Gasteiger partial charge on any atom is -0.379 e. The zero-order valence-electron chi connectivity index (χ0n) is 11.9. The first-order chi connectivity index (χ1) is 10.2. The number of fused-ring (bicyclic) bond motifs is 3. The molecule has 0 bridgehead atoms. The summed E-state index contributed by atoms with van der Waals surface area (Å²) in [4.78, 5) is 3.14. The van der Waals surface area contributed by atoms with Crippen LogP contribution in [0.15, 0.2) is 60.8 Å². The van der Waals surface area contributed by atoms with E-state index in [1.165, 1.54) is 22.3 Å². The van der Waals surface area contributed by atoms with E-state index in [4.69, 9.17) is 0 Å². The summed E-state index contributed by atoms with van der Waals surface area (Å²) in [5.41, 5.74) is 5.91. The number of nitrogens with one attached hydrogen (secondary N) is 1. The highest BCUT2D eigenvalue weighted by molar-refractivity contribution is 5.78. The Labute approximate surface area is 124 Å². The number of H-pyrrole nitrogens is 1. The van der Waals surface area contributed by atoms with Crippen molar-refractivity contribution in [3.8, 4) is 11.1 Å². The fraction of sp³-hybridized carbons (Fsp3) is 0.158. The molecule has 21 heavy (non-hydrogen) atoms. The Morgan fingerprint density at radius 3 is 2.57 bits per heavy atom. The van der Waals surface area contributed by atoms with Gasteiger partial charge in [0.25, 0.3) is 0 Å². The van der Waals surface area contributed by atoms with Crippen molar-refractivity contribution in [2.24, 2.45) is 0 Å². The van der Waals surface area contributed by atoms with Gasteiger partial charge in [0, 0.05) is 6.20 Å². The van der Waals surface area contributed by atoms with Gasteiger partial charge in [-0.05, 0) is 53.3 Å². The third kappa shape index (κ3) is 1.76. The summed E-state index contributed by atoms with van der Waals surface area (Å²) in [6.07, 6.45) is 2.74. The molecule has 0 amide bonds. The molecule has 1 atom stereocenters. The predicted molar refractivity (Wildman–Crippen MR) is 84.1 cm³/mol. The van der Waals surface area contributed by atoms with Gasteiger partial charge in [-0.3, -0.25) is 0 Å².